The molecular weight excluding hydrogens is 378 g/mol. The van der Waals surface area contributed by atoms with Crippen LogP contribution in [0.5, 0.6) is 5.75 Å². The Morgan fingerprint density at radius 1 is 1.10 bits per heavy atom. The van der Waals surface area contributed by atoms with Gasteiger partial charge in [-0.25, -0.2) is 4.79 Å². The number of carboxylic acid groups (broad SMARTS) is 1. The predicted octanol–water partition coefficient (Wildman–Crippen LogP) is 4.79. The van der Waals surface area contributed by atoms with Crippen molar-refractivity contribution in [2.75, 3.05) is 0 Å². The summed E-state index contributed by atoms with van der Waals surface area (Å²) in [5.74, 6) is -0.427. The molecule has 0 aliphatic rings. The maximum Gasteiger partial charge on any atom is 0.344 e. The Labute approximate surface area is 176 Å². The summed E-state index contributed by atoms with van der Waals surface area (Å²) in [4.78, 5) is 23.6. The van der Waals surface area contributed by atoms with Gasteiger partial charge in [-0.15, -0.1) is 0 Å². The molecular formula is C25H25NO4. The Bertz CT molecular complexity index is 1050. The summed E-state index contributed by atoms with van der Waals surface area (Å²) < 4.78 is 7.32. The minimum atomic E-state index is -1.01. The van der Waals surface area contributed by atoms with Crippen LogP contribution in [0.1, 0.15) is 34.1 Å². The highest BCUT2D eigenvalue weighted by atomic mass is 16.5. The lowest BCUT2D eigenvalue weighted by atomic mass is 10.1. The number of nitrogens with zero attached hydrogens (tertiary/aromatic N) is 1. The van der Waals surface area contributed by atoms with Crippen molar-refractivity contribution in [3.63, 3.8) is 0 Å². The average Bonchev–Trinajstić information content (AvgIpc) is 3.18. The van der Waals surface area contributed by atoms with Crippen LogP contribution >= 0.6 is 0 Å². The molecule has 0 amide bonds. The van der Waals surface area contributed by atoms with E-state index in [4.69, 9.17) is 9.84 Å². The fourth-order valence-corrected chi connectivity index (χ4v) is 3.06. The molecule has 5 nitrogen and oxygen atoms in total. The van der Waals surface area contributed by atoms with Gasteiger partial charge in [-0.2, -0.15) is 0 Å². The SMILES string of the molecule is Cc1ccc(CC(=O)c2cccn2C/C=C/c2cccc(O[C@@H](C)C(=O)O)c2)cc1. The van der Waals surface area contributed by atoms with Crippen molar-refractivity contribution in [3.8, 4) is 5.75 Å². The summed E-state index contributed by atoms with van der Waals surface area (Å²) in [5.41, 5.74) is 3.74. The van der Waals surface area contributed by atoms with Crippen molar-refractivity contribution < 1.29 is 19.4 Å². The quantitative estimate of drug-likeness (QED) is 0.522. The van der Waals surface area contributed by atoms with Gasteiger partial charge < -0.3 is 14.4 Å². The maximum absolute atomic E-state index is 12.7. The van der Waals surface area contributed by atoms with E-state index in [1.54, 1.807) is 12.1 Å². The number of aryl methyl sites for hydroxylation is 1. The number of Topliss-reactive ketones (excluding diaryl/α,β-unsaturated/α-hetero) is 1. The second kappa shape index (κ2) is 9.74. The van der Waals surface area contributed by atoms with Crippen LogP contribution in [-0.4, -0.2) is 27.5 Å². The number of allylic oxidation sites excluding steroid dienone is 1. The molecule has 0 saturated heterocycles. The highest BCUT2D eigenvalue weighted by Gasteiger charge is 2.12. The second-order valence-electron chi connectivity index (χ2n) is 7.20. The molecule has 0 fully saturated rings. The second-order valence-corrected chi connectivity index (χ2v) is 7.20. The van der Waals surface area contributed by atoms with E-state index in [2.05, 4.69) is 0 Å². The number of carbonyl (C=O) groups is 2. The monoisotopic (exact) mass is 403 g/mol. The van der Waals surface area contributed by atoms with Gasteiger partial charge in [0.2, 0.25) is 0 Å². The number of aromatic nitrogens is 1. The van der Waals surface area contributed by atoms with Gasteiger partial charge in [0.25, 0.3) is 0 Å². The number of carbonyl (C=O) groups excluding carboxylic acids is 1. The van der Waals surface area contributed by atoms with Gasteiger partial charge in [0, 0.05) is 19.2 Å². The topological polar surface area (TPSA) is 68.5 Å². The van der Waals surface area contributed by atoms with Crippen molar-refractivity contribution in [1.82, 2.24) is 4.57 Å². The van der Waals surface area contributed by atoms with E-state index in [1.165, 1.54) is 12.5 Å². The Morgan fingerprint density at radius 3 is 2.60 bits per heavy atom. The van der Waals surface area contributed by atoms with Crippen LogP contribution in [0.4, 0.5) is 0 Å². The first-order valence-corrected chi connectivity index (χ1v) is 9.82. The Balaban J connectivity index is 1.63. The van der Waals surface area contributed by atoms with Crippen molar-refractivity contribution >= 4 is 17.8 Å². The van der Waals surface area contributed by atoms with Gasteiger partial charge in [-0.05, 0) is 49.2 Å². The van der Waals surface area contributed by atoms with Gasteiger partial charge in [0.15, 0.2) is 11.9 Å². The summed E-state index contributed by atoms with van der Waals surface area (Å²) >= 11 is 0. The zero-order valence-corrected chi connectivity index (χ0v) is 17.1. The Kier molecular flexibility index (Phi) is 6.86. The van der Waals surface area contributed by atoms with E-state index in [0.29, 0.717) is 24.4 Å². The summed E-state index contributed by atoms with van der Waals surface area (Å²) in [5, 5.41) is 8.97. The summed E-state index contributed by atoms with van der Waals surface area (Å²) in [7, 11) is 0. The smallest absolute Gasteiger partial charge is 0.344 e. The van der Waals surface area contributed by atoms with Gasteiger partial charge in [-0.1, -0.05) is 54.1 Å². The lowest BCUT2D eigenvalue weighted by Crippen LogP contribution is -2.22. The lowest BCUT2D eigenvalue weighted by molar-refractivity contribution is -0.144. The summed E-state index contributed by atoms with van der Waals surface area (Å²) in [6.45, 7) is 4.07. The first-order valence-electron chi connectivity index (χ1n) is 9.82. The van der Waals surface area contributed by atoms with E-state index in [-0.39, 0.29) is 5.78 Å². The molecule has 3 aromatic rings. The van der Waals surface area contributed by atoms with E-state index in [1.807, 2.05) is 78.4 Å². The molecule has 1 N–H and O–H groups in total. The third kappa shape index (κ3) is 5.70. The lowest BCUT2D eigenvalue weighted by Gasteiger charge is -2.10. The van der Waals surface area contributed by atoms with Crippen molar-refractivity contribution in [1.29, 1.82) is 0 Å². The highest BCUT2D eigenvalue weighted by molar-refractivity contribution is 5.96. The standard InChI is InChI=1S/C25H25NO4/c1-18-10-12-21(13-11-18)17-24(27)23-9-5-15-26(23)14-4-7-20-6-3-8-22(16-20)30-19(2)25(28)29/h3-13,15-16,19H,14,17H2,1-2H3,(H,28,29)/b7-4+/t19-/m0/s1. The highest BCUT2D eigenvalue weighted by Crippen LogP contribution is 2.17. The number of hydrogen-bond acceptors (Lipinski definition) is 3. The molecule has 0 radical (unpaired) electrons. The molecule has 0 aliphatic heterocycles. The largest absolute Gasteiger partial charge is 0.479 e. The first kappa shape index (κ1) is 21.1. The van der Waals surface area contributed by atoms with Gasteiger partial charge in [0.05, 0.1) is 5.69 Å². The van der Waals surface area contributed by atoms with Crippen LogP contribution in [0.25, 0.3) is 6.08 Å². The number of carboxylic acids is 1. The number of hydrogen-bond donors (Lipinski definition) is 1. The molecule has 1 aromatic heterocycles. The van der Waals surface area contributed by atoms with Crippen LogP contribution in [0.3, 0.4) is 0 Å². The van der Waals surface area contributed by atoms with E-state index < -0.39 is 12.1 Å². The van der Waals surface area contributed by atoms with Crippen LogP contribution < -0.4 is 4.74 Å². The van der Waals surface area contributed by atoms with Crippen molar-refractivity contribution in [3.05, 3.63) is 95.3 Å². The Hall–Kier alpha value is -3.60. The third-order valence-electron chi connectivity index (χ3n) is 4.73. The van der Waals surface area contributed by atoms with Crippen molar-refractivity contribution in [2.45, 2.75) is 32.9 Å². The van der Waals surface area contributed by atoms with E-state index >= 15 is 0 Å². The number of aliphatic carboxylic acids is 1. The minimum Gasteiger partial charge on any atom is -0.479 e. The molecule has 2 aromatic carbocycles. The van der Waals surface area contributed by atoms with Crippen LogP contribution in [0.15, 0.2) is 72.9 Å². The third-order valence-corrected chi connectivity index (χ3v) is 4.73. The van der Waals surface area contributed by atoms with Crippen LogP contribution in [0, 0.1) is 6.92 Å². The first-order chi connectivity index (χ1) is 14.4. The van der Waals surface area contributed by atoms with Gasteiger partial charge in [0.1, 0.15) is 5.75 Å². The molecule has 1 atom stereocenters. The zero-order chi connectivity index (χ0) is 21.5. The minimum absolute atomic E-state index is 0.0790. The normalized spacial score (nSPS) is 12.1. The zero-order valence-electron chi connectivity index (χ0n) is 17.1. The summed E-state index contributed by atoms with van der Waals surface area (Å²) in [6.07, 6.45) is 5.23. The van der Waals surface area contributed by atoms with E-state index in [0.717, 1.165) is 11.1 Å². The van der Waals surface area contributed by atoms with Crippen LogP contribution in [0.2, 0.25) is 0 Å². The predicted molar refractivity (Wildman–Crippen MR) is 117 cm³/mol. The molecule has 30 heavy (non-hydrogen) atoms. The number of benzene rings is 2. The van der Waals surface area contributed by atoms with Gasteiger partial charge >= 0.3 is 5.97 Å². The molecule has 0 saturated carbocycles. The average molecular weight is 403 g/mol. The molecule has 1 heterocycles. The maximum atomic E-state index is 12.7. The molecule has 3 rings (SSSR count). The molecule has 0 bridgehead atoms. The fourth-order valence-electron chi connectivity index (χ4n) is 3.06. The van der Waals surface area contributed by atoms with E-state index in [9.17, 15) is 9.59 Å². The van der Waals surface area contributed by atoms with Crippen molar-refractivity contribution in [2.24, 2.45) is 0 Å². The fraction of sp³-hybridized carbons (Fsp3) is 0.200. The number of ether oxygens (including phenoxy) is 1. The molecule has 5 heteroatoms. The Morgan fingerprint density at radius 2 is 1.87 bits per heavy atom. The molecule has 154 valence electrons. The molecule has 0 spiro atoms. The van der Waals surface area contributed by atoms with Gasteiger partial charge in [-0.3, -0.25) is 4.79 Å². The number of rotatable bonds is 9. The summed E-state index contributed by atoms with van der Waals surface area (Å²) in [6, 6.07) is 19.0. The molecule has 0 unspecified atom stereocenters. The van der Waals surface area contributed by atoms with Crippen LogP contribution in [-0.2, 0) is 17.8 Å². The molecule has 0 aliphatic carbocycles. The number of ketones is 1.